The second kappa shape index (κ2) is 11.2. The average Bonchev–Trinajstić information content (AvgIpc) is 2.99. The number of nitrogens with one attached hydrogen (secondary N) is 1. The van der Waals surface area contributed by atoms with Gasteiger partial charge in [-0.25, -0.2) is 9.97 Å². The molecule has 0 saturated carbocycles. The monoisotopic (exact) mass is 503 g/mol. The molecule has 7 heteroatoms. The number of aromatic nitrogens is 2. The van der Waals surface area contributed by atoms with E-state index in [-0.39, 0.29) is 5.91 Å². The molecule has 0 spiro atoms. The lowest BCUT2D eigenvalue weighted by Gasteiger charge is -2.41. The highest BCUT2D eigenvalue weighted by atomic mass is 16.5. The molecule has 0 bridgehead atoms. The van der Waals surface area contributed by atoms with Crippen molar-refractivity contribution in [3.8, 4) is 23.1 Å². The number of nitriles is 1. The number of benzene rings is 2. The normalized spacial score (nSPS) is 14.8. The summed E-state index contributed by atoms with van der Waals surface area (Å²) in [6, 6.07) is 27.4. The quantitative estimate of drug-likeness (QED) is 0.373. The maximum Gasteiger partial charge on any atom is 0.236 e. The van der Waals surface area contributed by atoms with E-state index in [4.69, 9.17) is 10.00 Å². The van der Waals surface area contributed by atoms with Crippen LogP contribution in [0.25, 0.3) is 11.1 Å². The maximum absolute atomic E-state index is 13.8. The number of carbonyl (C=O) groups is 1. The Balaban J connectivity index is 1.38. The number of methoxy groups -OCH3 is 1. The molecule has 1 aliphatic rings. The largest absolute Gasteiger partial charge is 0.481 e. The highest BCUT2D eigenvalue weighted by Gasteiger charge is 2.43. The van der Waals surface area contributed by atoms with Crippen LogP contribution in [0, 0.1) is 11.3 Å². The fourth-order valence-electron chi connectivity index (χ4n) is 5.01. The maximum atomic E-state index is 13.8. The van der Waals surface area contributed by atoms with Crippen LogP contribution in [0.2, 0.25) is 0 Å². The summed E-state index contributed by atoms with van der Waals surface area (Å²) < 4.78 is 5.17. The van der Waals surface area contributed by atoms with Crippen LogP contribution < -0.4 is 10.1 Å². The van der Waals surface area contributed by atoms with Gasteiger partial charge in [-0.15, -0.1) is 0 Å². The predicted molar refractivity (Wildman–Crippen MR) is 146 cm³/mol. The van der Waals surface area contributed by atoms with Gasteiger partial charge in [-0.2, -0.15) is 5.26 Å². The van der Waals surface area contributed by atoms with E-state index in [1.807, 2.05) is 60.8 Å². The number of piperidine rings is 1. The predicted octanol–water partition coefficient (Wildman–Crippen LogP) is 5.20. The molecule has 1 N–H and O–H groups in total. The molecule has 5 rings (SSSR count). The second-order valence-corrected chi connectivity index (χ2v) is 9.50. The van der Waals surface area contributed by atoms with Crippen LogP contribution in [0.3, 0.4) is 0 Å². The molecule has 2 aromatic carbocycles. The summed E-state index contributed by atoms with van der Waals surface area (Å²) in [6.45, 7) is 2.32. The van der Waals surface area contributed by atoms with Crippen molar-refractivity contribution in [3.63, 3.8) is 0 Å². The molecule has 0 unspecified atom stereocenters. The number of nitrogens with zero attached hydrogens (tertiary/aromatic N) is 4. The summed E-state index contributed by atoms with van der Waals surface area (Å²) in [5.41, 5.74) is 4.15. The van der Waals surface area contributed by atoms with E-state index in [1.165, 1.54) is 0 Å². The van der Waals surface area contributed by atoms with Crippen LogP contribution in [0.5, 0.6) is 5.88 Å². The lowest BCUT2D eigenvalue weighted by molar-refractivity contribution is -0.123. The van der Waals surface area contributed by atoms with Crippen molar-refractivity contribution < 1.29 is 9.53 Å². The first-order chi connectivity index (χ1) is 18.6. The van der Waals surface area contributed by atoms with Crippen molar-refractivity contribution in [1.82, 2.24) is 14.9 Å². The highest BCUT2D eigenvalue weighted by Crippen LogP contribution is 2.38. The number of anilines is 1. The van der Waals surface area contributed by atoms with Crippen LogP contribution in [0.4, 0.5) is 5.82 Å². The number of amides is 1. The van der Waals surface area contributed by atoms with Crippen LogP contribution in [0.15, 0.2) is 91.3 Å². The molecule has 0 atom stereocenters. The molecule has 2 aromatic heterocycles. The lowest BCUT2D eigenvalue weighted by atomic mass is 9.71. The van der Waals surface area contributed by atoms with Crippen molar-refractivity contribution in [2.45, 2.75) is 24.8 Å². The fraction of sp³-hybridized carbons (Fsp3) is 0.226. The zero-order chi connectivity index (χ0) is 26.4. The van der Waals surface area contributed by atoms with Gasteiger partial charge in [0.15, 0.2) is 0 Å². The van der Waals surface area contributed by atoms with E-state index in [0.717, 1.165) is 41.9 Å². The number of hydrogen-bond acceptors (Lipinski definition) is 6. The zero-order valence-corrected chi connectivity index (χ0v) is 21.3. The van der Waals surface area contributed by atoms with Gasteiger partial charge in [0.05, 0.1) is 24.2 Å². The van der Waals surface area contributed by atoms with Gasteiger partial charge in [0, 0.05) is 25.0 Å². The molecule has 1 aliphatic heterocycles. The average molecular weight is 504 g/mol. The van der Waals surface area contributed by atoms with Gasteiger partial charge in [0.2, 0.25) is 11.8 Å². The molecule has 1 saturated heterocycles. The number of rotatable bonds is 7. The van der Waals surface area contributed by atoms with Crippen molar-refractivity contribution in [2.24, 2.45) is 0 Å². The Morgan fingerprint density at radius 1 is 0.974 bits per heavy atom. The van der Waals surface area contributed by atoms with E-state index in [0.29, 0.717) is 30.1 Å². The van der Waals surface area contributed by atoms with Gasteiger partial charge in [-0.3, -0.25) is 9.69 Å². The van der Waals surface area contributed by atoms with Crippen LogP contribution in [-0.2, 0) is 16.8 Å². The third kappa shape index (κ3) is 5.41. The van der Waals surface area contributed by atoms with Crippen molar-refractivity contribution in [3.05, 3.63) is 108 Å². The minimum Gasteiger partial charge on any atom is -0.481 e. The Labute approximate surface area is 222 Å². The Kier molecular flexibility index (Phi) is 7.43. The van der Waals surface area contributed by atoms with Crippen LogP contribution >= 0.6 is 0 Å². The molecular formula is C31H29N5O2. The fourth-order valence-corrected chi connectivity index (χ4v) is 5.01. The number of pyridine rings is 2. The van der Waals surface area contributed by atoms with E-state index < -0.39 is 5.41 Å². The minimum atomic E-state index is -0.671. The summed E-state index contributed by atoms with van der Waals surface area (Å²) in [4.78, 5) is 24.8. The Hall–Kier alpha value is -4.54. The van der Waals surface area contributed by atoms with Gasteiger partial charge < -0.3 is 10.1 Å². The second-order valence-electron chi connectivity index (χ2n) is 9.50. The third-order valence-electron chi connectivity index (χ3n) is 7.25. The first kappa shape index (κ1) is 25.1. The van der Waals surface area contributed by atoms with Gasteiger partial charge in [0.1, 0.15) is 5.82 Å². The SMILES string of the molecule is COc1ccc(CN2CCC(C(=O)Nc3ccccn3)(c3ccc(-c4ccc(C#N)cc4)cc3)CC2)cn1. The van der Waals surface area contributed by atoms with Crippen molar-refractivity contribution >= 4 is 11.7 Å². The lowest BCUT2D eigenvalue weighted by Crippen LogP contribution is -2.49. The van der Waals surface area contributed by atoms with E-state index >= 15 is 0 Å². The number of likely N-dealkylation sites (tertiary alicyclic amines) is 1. The molecule has 190 valence electrons. The van der Waals surface area contributed by atoms with Gasteiger partial charge in [-0.1, -0.05) is 48.5 Å². The van der Waals surface area contributed by atoms with E-state index in [2.05, 4.69) is 50.5 Å². The summed E-state index contributed by atoms with van der Waals surface area (Å²) >= 11 is 0. The van der Waals surface area contributed by atoms with E-state index in [1.54, 1.807) is 13.3 Å². The van der Waals surface area contributed by atoms with Gasteiger partial charge in [-0.05, 0) is 72.5 Å². The van der Waals surface area contributed by atoms with Crippen molar-refractivity contribution in [2.75, 3.05) is 25.5 Å². The Morgan fingerprint density at radius 2 is 1.68 bits per heavy atom. The third-order valence-corrected chi connectivity index (χ3v) is 7.25. The summed E-state index contributed by atoms with van der Waals surface area (Å²) in [5.74, 6) is 1.12. The van der Waals surface area contributed by atoms with Gasteiger partial charge >= 0.3 is 0 Å². The van der Waals surface area contributed by atoms with Crippen LogP contribution in [-0.4, -0.2) is 41.0 Å². The number of carbonyl (C=O) groups excluding carboxylic acids is 1. The molecule has 0 radical (unpaired) electrons. The molecule has 4 aromatic rings. The Bertz CT molecular complexity index is 1400. The summed E-state index contributed by atoms with van der Waals surface area (Å²) in [6.07, 6.45) is 4.90. The van der Waals surface area contributed by atoms with Crippen LogP contribution in [0.1, 0.15) is 29.5 Å². The Morgan fingerprint density at radius 3 is 2.26 bits per heavy atom. The summed E-state index contributed by atoms with van der Waals surface area (Å²) in [5, 5.41) is 12.1. The molecule has 38 heavy (non-hydrogen) atoms. The number of ether oxygens (including phenoxy) is 1. The molecule has 3 heterocycles. The van der Waals surface area contributed by atoms with Gasteiger partial charge in [0.25, 0.3) is 0 Å². The topological polar surface area (TPSA) is 91.1 Å². The summed E-state index contributed by atoms with van der Waals surface area (Å²) in [7, 11) is 1.61. The molecule has 7 nitrogen and oxygen atoms in total. The molecule has 1 fully saturated rings. The molecular weight excluding hydrogens is 474 g/mol. The zero-order valence-electron chi connectivity index (χ0n) is 21.3. The standard InChI is InChI=1S/C31H29N5O2/c1-38-29-14-7-24(21-34-29)22-36-18-15-31(16-19-36,30(37)35-28-4-2-3-17-33-28)27-12-10-26(11-13-27)25-8-5-23(20-32)6-9-25/h2-14,17,21H,15-16,18-19,22H2,1H3,(H,33,35,37). The van der Waals surface area contributed by atoms with E-state index in [9.17, 15) is 4.79 Å². The smallest absolute Gasteiger partial charge is 0.236 e. The highest BCUT2D eigenvalue weighted by molar-refractivity contribution is 5.98. The molecule has 0 aliphatic carbocycles. The minimum absolute atomic E-state index is 0.0342. The molecule has 1 amide bonds. The first-order valence-electron chi connectivity index (χ1n) is 12.6. The van der Waals surface area contributed by atoms with Crippen molar-refractivity contribution in [1.29, 1.82) is 5.26 Å². The number of hydrogen-bond donors (Lipinski definition) is 1. The first-order valence-corrected chi connectivity index (χ1v) is 12.6.